The first-order chi connectivity index (χ1) is 22.4. The Bertz CT molecular complexity index is 2060. The van der Waals surface area contributed by atoms with E-state index in [4.69, 9.17) is 9.47 Å². The predicted molar refractivity (Wildman–Crippen MR) is 155 cm³/mol. The molecule has 17 heteroatoms. The van der Waals surface area contributed by atoms with E-state index >= 15 is 0 Å². The molecule has 0 spiro atoms. The third-order valence-electron chi connectivity index (χ3n) is 6.63. The Kier molecular flexibility index (Phi) is 7.88. The summed E-state index contributed by atoms with van der Waals surface area (Å²) in [6.45, 7) is 0. The van der Waals surface area contributed by atoms with Crippen LogP contribution in [0.2, 0.25) is 0 Å². The first-order valence-corrected chi connectivity index (χ1v) is 13.4. The molecule has 0 atom stereocenters. The molecule has 0 aliphatic heterocycles. The third kappa shape index (κ3) is 6.77. The van der Waals surface area contributed by atoms with E-state index in [-0.39, 0.29) is 17.3 Å². The molecule has 4 heterocycles. The van der Waals surface area contributed by atoms with Crippen LogP contribution in [0.3, 0.4) is 0 Å². The van der Waals surface area contributed by atoms with Gasteiger partial charge in [-0.15, -0.1) is 0 Å². The Morgan fingerprint density at radius 1 is 0.830 bits per heavy atom. The van der Waals surface area contributed by atoms with Crippen molar-refractivity contribution in [2.75, 3.05) is 17.7 Å². The molecule has 240 valence electrons. The number of hydrogen-bond donors (Lipinski definition) is 2. The van der Waals surface area contributed by atoms with E-state index in [1.54, 1.807) is 35.1 Å². The Balaban J connectivity index is 1.13. The van der Waals surface area contributed by atoms with Gasteiger partial charge in [0.15, 0.2) is 11.3 Å². The highest BCUT2D eigenvalue weighted by molar-refractivity contribution is 6.01. The van der Waals surface area contributed by atoms with Crippen molar-refractivity contribution < 1.29 is 40.6 Å². The van der Waals surface area contributed by atoms with Crippen molar-refractivity contribution in [2.45, 2.75) is 12.4 Å². The summed E-state index contributed by atoms with van der Waals surface area (Å²) >= 11 is 0. The van der Waals surface area contributed by atoms with Gasteiger partial charge < -0.3 is 20.1 Å². The average molecular weight is 655 g/mol. The standard InChI is InChI=1S/C30H20F6N8O3/c1-46-26-11-13-44-27(41-26)21(16-38-44)17-2-6-20(7-3-17)47-25-9-5-19(15-37-25)39-28(45)40-22-14-18(29(31,32)33)4-8-23(22)43-12-10-24(42-43)30(34,35)36/h2-16H,1H3,(H2,39,40,45). The van der Waals surface area contributed by atoms with Crippen LogP contribution in [0, 0.1) is 0 Å². The van der Waals surface area contributed by atoms with Gasteiger partial charge in [-0.1, -0.05) is 12.1 Å². The molecule has 2 aromatic carbocycles. The van der Waals surface area contributed by atoms with Crippen LogP contribution in [0.25, 0.3) is 22.5 Å². The Morgan fingerprint density at radius 3 is 2.28 bits per heavy atom. The first kappa shape index (κ1) is 30.9. The summed E-state index contributed by atoms with van der Waals surface area (Å²) in [4.78, 5) is 21.3. The fourth-order valence-corrected chi connectivity index (χ4v) is 4.41. The number of fused-ring (bicyclic) bond motifs is 1. The number of alkyl halides is 6. The quantitative estimate of drug-likeness (QED) is 0.172. The average Bonchev–Trinajstić information content (AvgIpc) is 3.70. The topological polar surface area (TPSA) is 120 Å². The van der Waals surface area contributed by atoms with Crippen LogP contribution in [0.4, 0.5) is 42.5 Å². The number of aromatic nitrogens is 6. The number of benzene rings is 2. The molecular weight excluding hydrogens is 634 g/mol. The van der Waals surface area contributed by atoms with Crippen LogP contribution in [0.5, 0.6) is 17.5 Å². The minimum absolute atomic E-state index is 0.146. The zero-order valence-corrected chi connectivity index (χ0v) is 23.8. The zero-order chi connectivity index (χ0) is 33.3. The maximum atomic E-state index is 13.4. The highest BCUT2D eigenvalue weighted by Gasteiger charge is 2.34. The molecule has 0 saturated carbocycles. The third-order valence-corrected chi connectivity index (χ3v) is 6.63. The number of carbonyl (C=O) groups excluding carboxylic acids is 1. The van der Waals surface area contributed by atoms with E-state index in [2.05, 4.69) is 30.8 Å². The molecule has 11 nitrogen and oxygen atoms in total. The minimum Gasteiger partial charge on any atom is -0.481 e. The van der Waals surface area contributed by atoms with Crippen molar-refractivity contribution in [3.05, 3.63) is 103 Å². The number of halogens is 6. The Labute approximate surface area is 260 Å². The molecule has 2 amide bonds. The monoisotopic (exact) mass is 654 g/mol. The number of pyridine rings is 1. The highest BCUT2D eigenvalue weighted by atomic mass is 19.4. The van der Waals surface area contributed by atoms with Gasteiger partial charge in [0.25, 0.3) is 0 Å². The molecule has 0 bridgehead atoms. The van der Waals surface area contributed by atoms with Crippen LogP contribution < -0.4 is 20.1 Å². The first-order valence-electron chi connectivity index (χ1n) is 13.4. The molecule has 0 aliphatic carbocycles. The minimum atomic E-state index is -4.79. The lowest BCUT2D eigenvalue weighted by Crippen LogP contribution is -2.21. The van der Waals surface area contributed by atoms with Gasteiger partial charge in [0.1, 0.15) is 5.75 Å². The van der Waals surface area contributed by atoms with Gasteiger partial charge in [0.05, 0.1) is 42.1 Å². The van der Waals surface area contributed by atoms with Crippen molar-refractivity contribution in [2.24, 2.45) is 0 Å². The van der Waals surface area contributed by atoms with E-state index < -0.39 is 35.3 Å². The highest BCUT2D eigenvalue weighted by Crippen LogP contribution is 2.35. The van der Waals surface area contributed by atoms with Crippen molar-refractivity contribution in [1.29, 1.82) is 0 Å². The number of nitrogens with zero attached hydrogens (tertiary/aromatic N) is 6. The van der Waals surface area contributed by atoms with Crippen LogP contribution in [0.15, 0.2) is 91.5 Å². The summed E-state index contributed by atoms with van der Waals surface area (Å²) < 4.78 is 92.6. The number of rotatable bonds is 7. The van der Waals surface area contributed by atoms with Gasteiger partial charge in [0.2, 0.25) is 11.8 Å². The summed E-state index contributed by atoms with van der Waals surface area (Å²) in [5, 5.41) is 12.3. The maximum absolute atomic E-state index is 13.4. The molecule has 6 rings (SSSR count). The smallest absolute Gasteiger partial charge is 0.435 e. The summed E-state index contributed by atoms with van der Waals surface area (Å²) in [6, 6.07) is 13.4. The largest absolute Gasteiger partial charge is 0.481 e. The molecule has 2 N–H and O–H groups in total. The van der Waals surface area contributed by atoms with Crippen molar-refractivity contribution >= 4 is 23.1 Å². The number of hydrogen-bond acceptors (Lipinski definition) is 7. The molecule has 4 aromatic heterocycles. The van der Waals surface area contributed by atoms with Gasteiger partial charge >= 0.3 is 18.4 Å². The van der Waals surface area contributed by atoms with Crippen LogP contribution in [-0.4, -0.2) is 42.5 Å². The number of ether oxygens (including phenoxy) is 2. The van der Waals surface area contributed by atoms with Gasteiger partial charge in [-0.2, -0.15) is 41.5 Å². The van der Waals surface area contributed by atoms with Gasteiger partial charge in [-0.25, -0.2) is 19.0 Å². The second-order valence-electron chi connectivity index (χ2n) is 9.76. The number of urea groups is 1. The Morgan fingerprint density at radius 2 is 1.62 bits per heavy atom. The number of amides is 2. The second-order valence-corrected chi connectivity index (χ2v) is 9.76. The lowest BCUT2D eigenvalue weighted by Gasteiger charge is -2.15. The van der Waals surface area contributed by atoms with E-state index in [1.807, 2.05) is 12.1 Å². The molecule has 0 saturated heterocycles. The van der Waals surface area contributed by atoms with E-state index in [0.29, 0.717) is 40.2 Å². The van der Waals surface area contributed by atoms with E-state index in [0.717, 1.165) is 23.4 Å². The van der Waals surface area contributed by atoms with Gasteiger partial charge in [0, 0.05) is 30.1 Å². The van der Waals surface area contributed by atoms with Gasteiger partial charge in [-0.3, -0.25) is 0 Å². The Hall–Kier alpha value is -6.13. The fourth-order valence-electron chi connectivity index (χ4n) is 4.41. The molecule has 47 heavy (non-hydrogen) atoms. The number of methoxy groups -OCH3 is 1. The lowest BCUT2D eigenvalue weighted by atomic mass is 10.1. The van der Waals surface area contributed by atoms with Crippen LogP contribution >= 0.6 is 0 Å². The molecular formula is C30H20F6N8O3. The summed E-state index contributed by atoms with van der Waals surface area (Å²) in [5.74, 6) is 1.06. The summed E-state index contributed by atoms with van der Waals surface area (Å²) in [7, 11) is 1.52. The predicted octanol–water partition coefficient (Wildman–Crippen LogP) is 7.46. The molecule has 6 aromatic rings. The number of carbonyl (C=O) groups is 1. The normalized spacial score (nSPS) is 11.8. The maximum Gasteiger partial charge on any atom is 0.435 e. The zero-order valence-electron chi connectivity index (χ0n) is 23.8. The van der Waals surface area contributed by atoms with Crippen molar-refractivity contribution in [3.63, 3.8) is 0 Å². The number of anilines is 2. The molecule has 0 fully saturated rings. The van der Waals surface area contributed by atoms with Gasteiger partial charge in [-0.05, 0) is 48.0 Å². The SMILES string of the molecule is COc1ccn2ncc(-c3ccc(Oc4ccc(NC(=O)Nc5cc(C(F)(F)F)ccc5-n5ccc(C(F)(F)F)n5)cn4)cc3)c2n1. The number of nitrogens with one attached hydrogen (secondary N) is 2. The van der Waals surface area contributed by atoms with Crippen LogP contribution in [-0.2, 0) is 12.4 Å². The van der Waals surface area contributed by atoms with Crippen molar-refractivity contribution in [3.8, 4) is 34.3 Å². The molecule has 0 radical (unpaired) electrons. The fraction of sp³-hybridized carbons (Fsp3) is 0.100. The summed E-state index contributed by atoms with van der Waals surface area (Å²) in [5.41, 5.74) is -0.715. The lowest BCUT2D eigenvalue weighted by molar-refractivity contribution is -0.141. The molecule has 0 unspecified atom stereocenters. The van der Waals surface area contributed by atoms with Crippen LogP contribution in [0.1, 0.15) is 11.3 Å². The van der Waals surface area contributed by atoms with E-state index in [9.17, 15) is 31.1 Å². The summed E-state index contributed by atoms with van der Waals surface area (Å²) in [6.07, 6.45) is -3.99. The van der Waals surface area contributed by atoms with E-state index in [1.165, 1.54) is 25.4 Å². The second kappa shape index (κ2) is 12.0. The van der Waals surface area contributed by atoms with Crippen molar-refractivity contribution in [1.82, 2.24) is 29.4 Å². The molecule has 0 aliphatic rings.